The SMILES string of the molecule is FC(F)(F)c1ccccc1B1c2ccccc2N(c2ccccc2)c2ccccc21. The molecule has 0 bridgehead atoms. The van der Waals surface area contributed by atoms with Crippen LogP contribution >= 0.6 is 0 Å². The normalized spacial score (nSPS) is 13.0. The average Bonchev–Trinajstić information content (AvgIpc) is 2.77. The number of fused-ring (bicyclic) bond motifs is 2. The molecule has 1 aliphatic rings. The predicted molar refractivity (Wildman–Crippen MR) is 117 cm³/mol. The van der Waals surface area contributed by atoms with Crippen molar-refractivity contribution in [2.45, 2.75) is 6.18 Å². The van der Waals surface area contributed by atoms with Gasteiger partial charge in [0.25, 0.3) is 0 Å². The van der Waals surface area contributed by atoms with Gasteiger partial charge in [0.05, 0.1) is 5.56 Å². The van der Waals surface area contributed by atoms with E-state index in [9.17, 15) is 13.2 Å². The van der Waals surface area contributed by atoms with E-state index in [1.165, 1.54) is 12.1 Å². The molecular weight excluding hydrogens is 382 g/mol. The lowest BCUT2D eigenvalue weighted by molar-refractivity contribution is -0.136. The Kier molecular flexibility index (Phi) is 4.39. The Morgan fingerprint density at radius 3 is 1.57 bits per heavy atom. The third-order valence-corrected chi connectivity index (χ3v) is 5.57. The zero-order valence-corrected chi connectivity index (χ0v) is 16.0. The molecule has 0 spiro atoms. The number of anilines is 3. The first-order chi connectivity index (χ1) is 14.6. The van der Waals surface area contributed by atoms with Gasteiger partial charge in [0, 0.05) is 17.1 Å². The fourth-order valence-corrected chi connectivity index (χ4v) is 4.37. The van der Waals surface area contributed by atoms with E-state index >= 15 is 0 Å². The predicted octanol–water partition coefficient (Wildman–Crippen LogP) is 5.00. The van der Waals surface area contributed by atoms with E-state index in [-0.39, 0.29) is 5.46 Å². The second-order valence-electron chi connectivity index (χ2n) is 7.31. The molecule has 0 atom stereocenters. The Hall–Kier alpha value is -3.47. The van der Waals surface area contributed by atoms with Gasteiger partial charge in [-0.2, -0.15) is 13.2 Å². The molecule has 0 saturated carbocycles. The van der Waals surface area contributed by atoms with Gasteiger partial charge in [-0.3, -0.25) is 0 Å². The summed E-state index contributed by atoms with van der Waals surface area (Å²) in [6.07, 6.45) is -4.42. The monoisotopic (exact) mass is 399 g/mol. The zero-order valence-electron chi connectivity index (χ0n) is 16.0. The van der Waals surface area contributed by atoms with Crippen molar-refractivity contribution >= 4 is 40.2 Å². The van der Waals surface area contributed by atoms with Crippen molar-refractivity contribution in [1.82, 2.24) is 0 Å². The van der Waals surface area contributed by atoms with E-state index < -0.39 is 18.5 Å². The third kappa shape index (κ3) is 2.98. The first kappa shape index (κ1) is 18.6. The summed E-state index contributed by atoms with van der Waals surface area (Å²) in [6, 6.07) is 31.2. The smallest absolute Gasteiger partial charge is 0.312 e. The number of hydrogen-bond acceptors (Lipinski definition) is 1. The summed E-state index contributed by atoms with van der Waals surface area (Å²) in [5, 5.41) is 0. The van der Waals surface area contributed by atoms with Crippen LogP contribution in [0.25, 0.3) is 0 Å². The summed E-state index contributed by atoms with van der Waals surface area (Å²) in [7, 11) is 0. The summed E-state index contributed by atoms with van der Waals surface area (Å²) in [5.74, 6) is 0. The van der Waals surface area contributed by atoms with Gasteiger partial charge in [-0.1, -0.05) is 84.3 Å². The maximum atomic E-state index is 13.9. The van der Waals surface area contributed by atoms with Gasteiger partial charge in [0.15, 0.2) is 0 Å². The van der Waals surface area contributed by atoms with Gasteiger partial charge in [0.2, 0.25) is 6.71 Å². The number of benzene rings is 4. The van der Waals surface area contributed by atoms with Gasteiger partial charge in [-0.25, -0.2) is 0 Å². The maximum Gasteiger partial charge on any atom is 0.415 e. The Balaban J connectivity index is 1.81. The zero-order chi connectivity index (χ0) is 20.7. The molecule has 5 heteroatoms. The van der Waals surface area contributed by atoms with Crippen molar-refractivity contribution in [3.8, 4) is 0 Å². The Bertz CT molecular complexity index is 1160. The van der Waals surface area contributed by atoms with E-state index in [2.05, 4.69) is 4.90 Å². The largest absolute Gasteiger partial charge is 0.415 e. The molecule has 0 N–H and O–H groups in total. The number of halogens is 3. The van der Waals surface area contributed by atoms with Crippen molar-refractivity contribution in [3.05, 3.63) is 109 Å². The van der Waals surface area contributed by atoms with Crippen LogP contribution in [0.5, 0.6) is 0 Å². The fraction of sp³-hybridized carbons (Fsp3) is 0.0400. The van der Waals surface area contributed by atoms with E-state index in [0.717, 1.165) is 28.0 Å². The highest BCUT2D eigenvalue weighted by atomic mass is 19.4. The molecule has 0 saturated heterocycles. The Morgan fingerprint density at radius 1 is 0.533 bits per heavy atom. The second-order valence-corrected chi connectivity index (χ2v) is 7.31. The quantitative estimate of drug-likeness (QED) is 0.378. The van der Waals surface area contributed by atoms with Crippen molar-refractivity contribution in [2.75, 3.05) is 4.90 Å². The summed E-state index contributed by atoms with van der Waals surface area (Å²) >= 11 is 0. The molecule has 1 aliphatic heterocycles. The summed E-state index contributed by atoms with van der Waals surface area (Å²) in [6.45, 7) is -0.504. The summed E-state index contributed by atoms with van der Waals surface area (Å²) < 4.78 is 41.7. The molecule has 5 rings (SSSR count). The highest BCUT2D eigenvalue weighted by molar-refractivity contribution is 6.98. The maximum absolute atomic E-state index is 13.9. The summed E-state index contributed by atoms with van der Waals surface area (Å²) in [4.78, 5) is 2.12. The van der Waals surface area contributed by atoms with E-state index in [1.54, 1.807) is 12.1 Å². The van der Waals surface area contributed by atoms with Crippen LogP contribution in [-0.4, -0.2) is 6.71 Å². The second kappa shape index (κ2) is 7.10. The standard InChI is InChI=1S/C25H17BF3N/c27-25(28,29)19-12-4-5-13-20(19)26-21-14-6-8-16-23(21)30(18-10-2-1-3-11-18)24-17-9-7-15-22(24)26/h1-17H. The van der Waals surface area contributed by atoms with Crippen LogP contribution in [0.1, 0.15) is 5.56 Å². The van der Waals surface area contributed by atoms with Crippen LogP contribution < -0.4 is 21.3 Å². The minimum atomic E-state index is -4.42. The van der Waals surface area contributed by atoms with E-state index in [0.29, 0.717) is 0 Å². The van der Waals surface area contributed by atoms with Crippen molar-refractivity contribution < 1.29 is 13.2 Å². The number of nitrogens with zero attached hydrogens (tertiary/aromatic N) is 1. The number of para-hydroxylation sites is 3. The third-order valence-electron chi connectivity index (χ3n) is 5.57. The molecule has 146 valence electrons. The highest BCUT2D eigenvalue weighted by Crippen LogP contribution is 2.36. The lowest BCUT2D eigenvalue weighted by Gasteiger charge is -2.37. The summed E-state index contributed by atoms with van der Waals surface area (Å²) in [5.41, 5.74) is 4.16. The molecular formula is C25H17BF3N. The van der Waals surface area contributed by atoms with E-state index in [4.69, 9.17) is 0 Å². The lowest BCUT2D eigenvalue weighted by atomic mass is 9.34. The van der Waals surface area contributed by atoms with Gasteiger partial charge in [-0.05, 0) is 35.2 Å². The van der Waals surface area contributed by atoms with Gasteiger partial charge in [0.1, 0.15) is 0 Å². The molecule has 0 aromatic heterocycles. The first-order valence-electron chi connectivity index (χ1n) is 9.75. The van der Waals surface area contributed by atoms with Gasteiger partial charge < -0.3 is 4.90 Å². The molecule has 0 radical (unpaired) electrons. The molecule has 0 amide bonds. The number of hydrogen-bond donors (Lipinski definition) is 0. The van der Waals surface area contributed by atoms with Gasteiger partial charge >= 0.3 is 6.18 Å². The van der Waals surface area contributed by atoms with Crippen LogP contribution in [0, 0.1) is 0 Å². The lowest BCUT2D eigenvalue weighted by Crippen LogP contribution is -2.58. The van der Waals surface area contributed by atoms with Crippen LogP contribution in [-0.2, 0) is 6.18 Å². The number of rotatable bonds is 2. The van der Waals surface area contributed by atoms with Crippen LogP contribution in [0.15, 0.2) is 103 Å². The first-order valence-corrected chi connectivity index (χ1v) is 9.75. The molecule has 1 heterocycles. The van der Waals surface area contributed by atoms with Crippen molar-refractivity contribution in [3.63, 3.8) is 0 Å². The van der Waals surface area contributed by atoms with E-state index in [1.807, 2.05) is 78.9 Å². The molecule has 0 fully saturated rings. The molecule has 4 aromatic carbocycles. The van der Waals surface area contributed by atoms with Crippen molar-refractivity contribution in [1.29, 1.82) is 0 Å². The fourth-order valence-electron chi connectivity index (χ4n) is 4.37. The average molecular weight is 399 g/mol. The van der Waals surface area contributed by atoms with Gasteiger partial charge in [-0.15, -0.1) is 0 Å². The van der Waals surface area contributed by atoms with Crippen LogP contribution in [0.4, 0.5) is 30.2 Å². The number of alkyl halides is 3. The van der Waals surface area contributed by atoms with Crippen molar-refractivity contribution in [2.24, 2.45) is 0 Å². The van der Waals surface area contributed by atoms with Crippen LogP contribution in [0.3, 0.4) is 0 Å². The molecule has 1 nitrogen and oxygen atoms in total. The minimum Gasteiger partial charge on any atom is -0.312 e. The molecule has 4 aromatic rings. The molecule has 0 aliphatic carbocycles. The molecule has 0 unspecified atom stereocenters. The minimum absolute atomic E-state index is 0.276. The topological polar surface area (TPSA) is 3.24 Å². The molecule has 30 heavy (non-hydrogen) atoms. The highest BCUT2D eigenvalue weighted by Gasteiger charge is 2.41. The van der Waals surface area contributed by atoms with Crippen LogP contribution in [0.2, 0.25) is 0 Å². The Morgan fingerprint density at radius 2 is 1.00 bits per heavy atom. The Labute approximate surface area is 173 Å².